The summed E-state index contributed by atoms with van der Waals surface area (Å²) in [5.74, 6) is -0.205. The van der Waals surface area contributed by atoms with Gasteiger partial charge in [-0.2, -0.15) is 0 Å². The minimum Gasteiger partial charge on any atom is -0.348 e. The van der Waals surface area contributed by atoms with Gasteiger partial charge in [0.2, 0.25) is 0 Å². The number of carbonyl (C=O) groups excluding carboxylic acids is 1. The van der Waals surface area contributed by atoms with Crippen LogP contribution in [0.5, 0.6) is 0 Å². The van der Waals surface area contributed by atoms with Crippen molar-refractivity contribution in [2.45, 2.75) is 37.8 Å². The molecule has 7 nitrogen and oxygen atoms in total. The summed E-state index contributed by atoms with van der Waals surface area (Å²) in [7, 11) is 0. The van der Waals surface area contributed by atoms with Crippen LogP contribution >= 0.6 is 23.7 Å². The summed E-state index contributed by atoms with van der Waals surface area (Å²) in [4.78, 5) is 27.0. The van der Waals surface area contributed by atoms with E-state index in [4.69, 9.17) is 5.73 Å². The van der Waals surface area contributed by atoms with E-state index in [1.165, 1.54) is 23.5 Å². The van der Waals surface area contributed by atoms with E-state index >= 15 is 0 Å². The summed E-state index contributed by atoms with van der Waals surface area (Å²) < 4.78 is 0. The predicted octanol–water partition coefficient (Wildman–Crippen LogP) is 3.14. The number of benzene rings is 1. The molecular weight excluding hydrogens is 364 g/mol. The highest BCUT2D eigenvalue weighted by molar-refractivity contribution is 7.13. The second-order valence-electron chi connectivity index (χ2n) is 5.93. The van der Waals surface area contributed by atoms with E-state index in [9.17, 15) is 14.9 Å². The first-order valence-corrected chi connectivity index (χ1v) is 8.67. The van der Waals surface area contributed by atoms with Gasteiger partial charge in [-0.1, -0.05) is 12.1 Å². The fraction of sp³-hybridized carbons (Fsp3) is 0.375. The second kappa shape index (κ2) is 8.37. The summed E-state index contributed by atoms with van der Waals surface area (Å²) >= 11 is 1.30. The van der Waals surface area contributed by atoms with Gasteiger partial charge in [-0.05, 0) is 25.7 Å². The number of thiazole rings is 1. The Balaban J connectivity index is 0.00000225. The number of amides is 1. The maximum absolute atomic E-state index is 12.3. The smallest absolute Gasteiger partial charge is 0.270 e. The molecule has 0 aliphatic heterocycles. The second-order valence-corrected chi connectivity index (χ2v) is 6.79. The largest absolute Gasteiger partial charge is 0.348 e. The number of aromatic nitrogens is 1. The monoisotopic (exact) mass is 382 g/mol. The van der Waals surface area contributed by atoms with Gasteiger partial charge in [0.25, 0.3) is 11.6 Å². The van der Waals surface area contributed by atoms with Crippen molar-refractivity contribution < 1.29 is 9.72 Å². The average molecular weight is 383 g/mol. The quantitative estimate of drug-likeness (QED) is 0.623. The van der Waals surface area contributed by atoms with Gasteiger partial charge in [0.1, 0.15) is 10.7 Å². The summed E-state index contributed by atoms with van der Waals surface area (Å²) in [6, 6.07) is 6.62. The van der Waals surface area contributed by atoms with E-state index in [0.717, 1.165) is 25.7 Å². The van der Waals surface area contributed by atoms with Gasteiger partial charge in [0.05, 0.1) is 4.92 Å². The molecule has 1 saturated carbocycles. The van der Waals surface area contributed by atoms with Gasteiger partial charge in [0.15, 0.2) is 0 Å². The van der Waals surface area contributed by atoms with Gasteiger partial charge >= 0.3 is 0 Å². The van der Waals surface area contributed by atoms with Crippen molar-refractivity contribution in [3.05, 3.63) is 45.5 Å². The van der Waals surface area contributed by atoms with Crippen LogP contribution in [0, 0.1) is 10.1 Å². The first kappa shape index (κ1) is 19.3. The Hall–Kier alpha value is -2.03. The van der Waals surface area contributed by atoms with Crippen LogP contribution in [-0.2, 0) is 0 Å². The van der Waals surface area contributed by atoms with Crippen LogP contribution in [-0.4, -0.2) is 27.9 Å². The van der Waals surface area contributed by atoms with Crippen molar-refractivity contribution in [2.24, 2.45) is 5.73 Å². The molecule has 0 radical (unpaired) electrons. The Morgan fingerprint density at radius 2 is 2.04 bits per heavy atom. The maximum Gasteiger partial charge on any atom is 0.270 e. The molecule has 134 valence electrons. The SMILES string of the molecule is Cl.NC1CCC(NC(=O)c2csc(-c3cccc([N+](=O)[O-])c3)n2)CC1. The van der Waals surface area contributed by atoms with E-state index < -0.39 is 4.92 Å². The third kappa shape index (κ3) is 4.75. The highest BCUT2D eigenvalue weighted by Crippen LogP contribution is 2.27. The van der Waals surface area contributed by atoms with Crippen LogP contribution < -0.4 is 11.1 Å². The van der Waals surface area contributed by atoms with Crippen molar-refractivity contribution in [2.75, 3.05) is 0 Å². The first-order chi connectivity index (χ1) is 11.5. The Kier molecular flexibility index (Phi) is 6.46. The van der Waals surface area contributed by atoms with Crippen molar-refractivity contribution in [3.8, 4) is 10.6 Å². The zero-order valence-corrected chi connectivity index (χ0v) is 15.0. The average Bonchev–Trinajstić information content (AvgIpc) is 3.07. The van der Waals surface area contributed by atoms with Crippen molar-refractivity contribution in [3.63, 3.8) is 0 Å². The number of hydrogen-bond donors (Lipinski definition) is 2. The van der Waals surface area contributed by atoms with Gasteiger partial charge in [-0.15, -0.1) is 23.7 Å². The number of halogens is 1. The van der Waals surface area contributed by atoms with Crippen molar-refractivity contribution in [1.29, 1.82) is 0 Å². The molecule has 0 saturated heterocycles. The Bertz CT molecular complexity index is 759. The van der Waals surface area contributed by atoms with Crippen molar-refractivity contribution in [1.82, 2.24) is 10.3 Å². The predicted molar refractivity (Wildman–Crippen MR) is 99.2 cm³/mol. The molecule has 1 aliphatic rings. The molecule has 0 unspecified atom stereocenters. The topological polar surface area (TPSA) is 111 Å². The summed E-state index contributed by atoms with van der Waals surface area (Å²) in [6.07, 6.45) is 3.60. The number of carbonyl (C=O) groups is 1. The fourth-order valence-corrected chi connectivity index (χ4v) is 3.58. The number of nitrogens with two attached hydrogens (primary N) is 1. The molecule has 3 N–H and O–H groups in total. The molecule has 1 fully saturated rings. The minimum atomic E-state index is -0.446. The molecule has 1 heterocycles. The molecule has 25 heavy (non-hydrogen) atoms. The lowest BCUT2D eigenvalue weighted by atomic mass is 9.92. The molecule has 2 aromatic rings. The number of rotatable bonds is 4. The van der Waals surface area contributed by atoms with Crippen LogP contribution in [0.15, 0.2) is 29.6 Å². The lowest BCUT2D eigenvalue weighted by Crippen LogP contribution is -2.40. The highest BCUT2D eigenvalue weighted by Gasteiger charge is 2.22. The van der Waals surface area contributed by atoms with E-state index in [1.807, 2.05) is 0 Å². The number of non-ortho nitro benzene ring substituents is 1. The minimum absolute atomic E-state index is 0. The van der Waals surface area contributed by atoms with Crippen LogP contribution in [0.4, 0.5) is 5.69 Å². The molecule has 0 atom stereocenters. The number of nitrogens with zero attached hydrogens (tertiary/aromatic N) is 2. The van der Waals surface area contributed by atoms with E-state index in [2.05, 4.69) is 10.3 Å². The molecule has 0 bridgehead atoms. The van der Waals surface area contributed by atoms with Crippen LogP contribution in [0.1, 0.15) is 36.2 Å². The molecule has 1 amide bonds. The van der Waals surface area contributed by atoms with E-state index in [1.54, 1.807) is 17.5 Å². The van der Waals surface area contributed by atoms with Crippen molar-refractivity contribution >= 4 is 35.3 Å². The van der Waals surface area contributed by atoms with Gasteiger partial charge in [-0.25, -0.2) is 4.98 Å². The van der Waals surface area contributed by atoms with Gasteiger partial charge in [0, 0.05) is 35.2 Å². The molecule has 9 heteroatoms. The number of nitrogens with one attached hydrogen (secondary N) is 1. The lowest BCUT2D eigenvalue weighted by Gasteiger charge is -2.26. The normalized spacial score (nSPS) is 19.7. The molecule has 1 aromatic heterocycles. The zero-order chi connectivity index (χ0) is 17.1. The zero-order valence-electron chi connectivity index (χ0n) is 13.4. The Morgan fingerprint density at radius 3 is 2.72 bits per heavy atom. The van der Waals surface area contributed by atoms with E-state index in [-0.39, 0.29) is 36.1 Å². The molecule has 1 aliphatic carbocycles. The summed E-state index contributed by atoms with van der Waals surface area (Å²) in [6.45, 7) is 0. The number of hydrogen-bond acceptors (Lipinski definition) is 6. The fourth-order valence-electron chi connectivity index (χ4n) is 2.79. The van der Waals surface area contributed by atoms with Gasteiger partial charge in [-0.3, -0.25) is 14.9 Å². The van der Waals surface area contributed by atoms with Crippen LogP contribution in [0.25, 0.3) is 10.6 Å². The lowest BCUT2D eigenvalue weighted by molar-refractivity contribution is -0.384. The first-order valence-electron chi connectivity index (χ1n) is 7.79. The van der Waals surface area contributed by atoms with E-state index in [0.29, 0.717) is 16.3 Å². The highest BCUT2D eigenvalue weighted by atomic mass is 35.5. The molecule has 0 spiro atoms. The Labute approximate surface area is 155 Å². The third-order valence-electron chi connectivity index (χ3n) is 4.15. The number of nitro benzene ring substituents is 1. The van der Waals surface area contributed by atoms with Crippen LogP contribution in [0.2, 0.25) is 0 Å². The van der Waals surface area contributed by atoms with Gasteiger partial charge < -0.3 is 11.1 Å². The maximum atomic E-state index is 12.3. The molecule has 1 aromatic carbocycles. The number of nitro groups is 1. The Morgan fingerprint density at radius 1 is 1.32 bits per heavy atom. The summed E-state index contributed by atoms with van der Waals surface area (Å²) in [5.41, 5.74) is 6.86. The summed E-state index contributed by atoms with van der Waals surface area (Å²) in [5, 5.41) is 16.1. The molecule has 3 rings (SSSR count). The standard InChI is InChI=1S/C16H18N4O3S.ClH/c17-11-4-6-12(7-5-11)18-15(21)14-9-24-16(19-14)10-2-1-3-13(8-10)20(22)23;/h1-3,8-9,11-12H,4-7,17H2,(H,18,21);1H. The van der Waals surface area contributed by atoms with Crippen LogP contribution in [0.3, 0.4) is 0 Å². The third-order valence-corrected chi connectivity index (χ3v) is 5.04. The molecular formula is C16H19ClN4O3S.